The summed E-state index contributed by atoms with van der Waals surface area (Å²) in [5, 5.41) is 3.43. The third-order valence-electron chi connectivity index (χ3n) is 5.02. The third kappa shape index (κ3) is 4.06. The Morgan fingerprint density at radius 3 is 2.59 bits per heavy atom. The van der Waals surface area contributed by atoms with E-state index in [9.17, 15) is 4.39 Å². The third-order valence-corrected chi connectivity index (χ3v) is 5.02. The molecule has 4 heteroatoms. The Bertz CT molecular complexity index is 456. The van der Waals surface area contributed by atoms with Gasteiger partial charge in [0.2, 0.25) is 0 Å². The Labute approximate surface area is 133 Å². The molecule has 0 radical (unpaired) electrons. The number of likely N-dealkylation sites (tertiary alicyclic amines) is 1. The molecule has 0 amide bonds. The summed E-state index contributed by atoms with van der Waals surface area (Å²) < 4.78 is 13.3. The number of nitrogens with one attached hydrogen (secondary N) is 1. The zero-order chi connectivity index (χ0) is 15.4. The summed E-state index contributed by atoms with van der Waals surface area (Å²) in [6.45, 7) is 10.1. The van der Waals surface area contributed by atoms with E-state index in [-0.39, 0.29) is 5.82 Å². The van der Waals surface area contributed by atoms with Gasteiger partial charge in [-0.1, -0.05) is 19.1 Å². The van der Waals surface area contributed by atoms with Gasteiger partial charge in [0.05, 0.1) is 0 Å². The van der Waals surface area contributed by atoms with Gasteiger partial charge in [-0.15, -0.1) is 0 Å². The summed E-state index contributed by atoms with van der Waals surface area (Å²) >= 11 is 0. The Morgan fingerprint density at radius 2 is 1.91 bits per heavy atom. The van der Waals surface area contributed by atoms with Crippen LogP contribution in [0.1, 0.15) is 31.4 Å². The lowest BCUT2D eigenvalue weighted by Gasteiger charge is -2.40. The van der Waals surface area contributed by atoms with E-state index in [1.54, 1.807) is 12.1 Å². The summed E-state index contributed by atoms with van der Waals surface area (Å²) in [4.78, 5) is 5.16. The molecular formula is C18H28FN3. The van der Waals surface area contributed by atoms with Gasteiger partial charge in [0.25, 0.3) is 0 Å². The lowest BCUT2D eigenvalue weighted by atomic mass is 9.98. The normalized spacial score (nSPS) is 26.0. The molecule has 1 aromatic rings. The van der Waals surface area contributed by atoms with Gasteiger partial charge in [0.15, 0.2) is 0 Å². The largest absolute Gasteiger partial charge is 0.314 e. The molecule has 122 valence electrons. The summed E-state index contributed by atoms with van der Waals surface area (Å²) in [6.07, 6.45) is 2.66. The molecule has 0 aliphatic carbocycles. The predicted octanol–water partition coefficient (Wildman–Crippen LogP) is 2.50. The second-order valence-electron chi connectivity index (χ2n) is 6.86. The second-order valence-corrected chi connectivity index (χ2v) is 6.86. The van der Waals surface area contributed by atoms with Crippen molar-refractivity contribution in [1.82, 2.24) is 15.1 Å². The Morgan fingerprint density at radius 1 is 1.18 bits per heavy atom. The number of rotatable bonds is 4. The van der Waals surface area contributed by atoms with Crippen LogP contribution in [-0.4, -0.2) is 55.6 Å². The van der Waals surface area contributed by atoms with Crippen LogP contribution in [0.15, 0.2) is 24.3 Å². The zero-order valence-electron chi connectivity index (χ0n) is 13.6. The maximum absolute atomic E-state index is 13.3. The highest BCUT2D eigenvalue weighted by molar-refractivity contribution is 5.21. The topological polar surface area (TPSA) is 18.5 Å². The lowest BCUT2D eigenvalue weighted by molar-refractivity contribution is 0.100. The smallest absolute Gasteiger partial charge is 0.123 e. The van der Waals surface area contributed by atoms with E-state index < -0.39 is 0 Å². The van der Waals surface area contributed by atoms with Gasteiger partial charge >= 0.3 is 0 Å². The van der Waals surface area contributed by atoms with Gasteiger partial charge in [-0.3, -0.25) is 4.90 Å². The van der Waals surface area contributed by atoms with Crippen molar-refractivity contribution in [3.05, 3.63) is 35.6 Å². The number of halogens is 1. The molecule has 3 rings (SSSR count). The highest BCUT2D eigenvalue weighted by Crippen LogP contribution is 2.25. The van der Waals surface area contributed by atoms with Gasteiger partial charge < -0.3 is 10.2 Å². The minimum absolute atomic E-state index is 0.144. The molecule has 2 aliphatic heterocycles. The average Bonchev–Trinajstić information content (AvgIpc) is 2.55. The van der Waals surface area contributed by atoms with Crippen LogP contribution in [0, 0.1) is 11.7 Å². The first kappa shape index (κ1) is 15.9. The monoisotopic (exact) mass is 305 g/mol. The Kier molecular flexibility index (Phi) is 5.45. The maximum atomic E-state index is 13.3. The Balaban J connectivity index is 1.74. The van der Waals surface area contributed by atoms with Gasteiger partial charge in [0.1, 0.15) is 5.82 Å². The van der Waals surface area contributed by atoms with E-state index in [4.69, 9.17) is 0 Å². The summed E-state index contributed by atoms with van der Waals surface area (Å²) in [7, 11) is 0. The summed E-state index contributed by atoms with van der Waals surface area (Å²) in [6, 6.07) is 7.52. The first-order chi connectivity index (χ1) is 10.7. The van der Waals surface area contributed by atoms with E-state index in [0.29, 0.717) is 6.04 Å². The van der Waals surface area contributed by atoms with E-state index in [0.717, 1.165) is 38.6 Å². The van der Waals surface area contributed by atoms with Crippen LogP contribution < -0.4 is 5.32 Å². The average molecular weight is 305 g/mol. The van der Waals surface area contributed by atoms with Crippen molar-refractivity contribution in [3.63, 3.8) is 0 Å². The fourth-order valence-corrected chi connectivity index (χ4v) is 3.81. The van der Waals surface area contributed by atoms with E-state index in [1.165, 1.54) is 31.5 Å². The SMILES string of the molecule is CC1CCCN(CC(c2ccc(F)cc2)N2CCNCC2)C1. The number of piperazine rings is 1. The van der Waals surface area contributed by atoms with E-state index >= 15 is 0 Å². The van der Waals surface area contributed by atoms with Crippen molar-refractivity contribution in [1.29, 1.82) is 0 Å². The molecule has 0 aromatic heterocycles. The first-order valence-electron chi connectivity index (χ1n) is 8.65. The molecule has 0 bridgehead atoms. The summed E-state index contributed by atoms with van der Waals surface area (Å²) in [5.74, 6) is 0.653. The highest BCUT2D eigenvalue weighted by Gasteiger charge is 2.26. The minimum Gasteiger partial charge on any atom is -0.314 e. The van der Waals surface area contributed by atoms with Gasteiger partial charge in [-0.25, -0.2) is 4.39 Å². The Hall–Kier alpha value is -0.970. The molecule has 22 heavy (non-hydrogen) atoms. The van der Waals surface area contributed by atoms with Gasteiger partial charge in [-0.05, 0) is 43.0 Å². The molecule has 2 fully saturated rings. The van der Waals surface area contributed by atoms with Crippen LogP contribution in [0.25, 0.3) is 0 Å². The van der Waals surface area contributed by atoms with Crippen molar-refractivity contribution in [2.24, 2.45) is 5.92 Å². The molecule has 2 atom stereocenters. The van der Waals surface area contributed by atoms with Crippen LogP contribution in [0.3, 0.4) is 0 Å². The van der Waals surface area contributed by atoms with Crippen molar-refractivity contribution < 1.29 is 4.39 Å². The minimum atomic E-state index is -0.144. The van der Waals surface area contributed by atoms with Crippen molar-refractivity contribution in [2.45, 2.75) is 25.8 Å². The molecule has 3 nitrogen and oxygen atoms in total. The van der Waals surface area contributed by atoms with Crippen LogP contribution in [0.4, 0.5) is 4.39 Å². The van der Waals surface area contributed by atoms with E-state index in [1.807, 2.05) is 12.1 Å². The molecule has 0 saturated carbocycles. The quantitative estimate of drug-likeness (QED) is 0.922. The second kappa shape index (κ2) is 7.53. The molecule has 2 aliphatic rings. The standard InChI is InChI=1S/C18H28FN3/c1-15-3-2-10-21(13-15)14-18(22-11-8-20-9-12-22)16-4-6-17(19)7-5-16/h4-7,15,18,20H,2-3,8-14H2,1H3. The van der Waals surface area contributed by atoms with Crippen molar-refractivity contribution >= 4 is 0 Å². The highest BCUT2D eigenvalue weighted by atomic mass is 19.1. The zero-order valence-corrected chi connectivity index (χ0v) is 13.6. The fourth-order valence-electron chi connectivity index (χ4n) is 3.81. The molecule has 2 saturated heterocycles. The number of piperidine rings is 1. The molecular weight excluding hydrogens is 277 g/mol. The predicted molar refractivity (Wildman–Crippen MR) is 88.4 cm³/mol. The fraction of sp³-hybridized carbons (Fsp3) is 0.667. The number of nitrogens with zero attached hydrogens (tertiary/aromatic N) is 2. The number of benzene rings is 1. The van der Waals surface area contributed by atoms with Crippen molar-refractivity contribution in [3.8, 4) is 0 Å². The summed E-state index contributed by atoms with van der Waals surface area (Å²) in [5.41, 5.74) is 1.25. The molecule has 2 unspecified atom stereocenters. The van der Waals surface area contributed by atoms with Crippen LogP contribution in [0.5, 0.6) is 0 Å². The van der Waals surface area contributed by atoms with Crippen LogP contribution >= 0.6 is 0 Å². The maximum Gasteiger partial charge on any atom is 0.123 e. The van der Waals surface area contributed by atoms with Crippen LogP contribution in [-0.2, 0) is 0 Å². The van der Waals surface area contributed by atoms with E-state index in [2.05, 4.69) is 22.0 Å². The molecule has 1 aromatic carbocycles. The number of hydrogen-bond acceptors (Lipinski definition) is 3. The first-order valence-corrected chi connectivity index (χ1v) is 8.65. The molecule has 2 heterocycles. The van der Waals surface area contributed by atoms with Gasteiger partial charge in [0, 0.05) is 45.3 Å². The lowest BCUT2D eigenvalue weighted by Crippen LogP contribution is -2.49. The van der Waals surface area contributed by atoms with Crippen LogP contribution in [0.2, 0.25) is 0 Å². The molecule has 1 N–H and O–H groups in total. The number of hydrogen-bond donors (Lipinski definition) is 1. The van der Waals surface area contributed by atoms with Crippen molar-refractivity contribution in [2.75, 3.05) is 45.8 Å². The molecule has 0 spiro atoms. The van der Waals surface area contributed by atoms with Gasteiger partial charge in [-0.2, -0.15) is 0 Å².